The van der Waals surface area contributed by atoms with Gasteiger partial charge in [-0.05, 0) is 60.0 Å². The summed E-state index contributed by atoms with van der Waals surface area (Å²) in [6, 6.07) is 27.4. The maximum absolute atomic E-state index is 12.8. The number of hydrogen-bond acceptors (Lipinski definition) is 9. The highest BCUT2D eigenvalue weighted by atomic mass is 32.1. The van der Waals surface area contributed by atoms with Crippen LogP contribution in [0, 0.1) is 0 Å². The van der Waals surface area contributed by atoms with Crippen LogP contribution in [-0.4, -0.2) is 40.3 Å². The normalized spacial score (nSPS) is 11.0. The molecular formula is C33H29N3O6S. The summed E-state index contributed by atoms with van der Waals surface area (Å²) in [4.78, 5) is 12.8. The first-order valence-electron chi connectivity index (χ1n) is 13.7. The number of carbonyl (C=O) groups excluding carboxylic acids is 1. The lowest BCUT2D eigenvalue weighted by molar-refractivity contribution is 0.101. The summed E-state index contributed by atoms with van der Waals surface area (Å²) in [6.07, 6.45) is -0.798. The zero-order chi connectivity index (χ0) is 29.8. The first-order valence-corrected chi connectivity index (χ1v) is 14.4. The highest BCUT2D eigenvalue weighted by Crippen LogP contribution is 2.44. The Bertz CT molecular complexity index is 1900. The topological polar surface area (TPSA) is 93.9 Å². The van der Waals surface area contributed by atoms with Crippen LogP contribution in [0.1, 0.15) is 18.1 Å². The average molecular weight is 596 g/mol. The molecule has 6 rings (SSSR count). The maximum atomic E-state index is 12.8. The molecule has 0 fully saturated rings. The number of ether oxygens (including phenoxy) is 5. The van der Waals surface area contributed by atoms with E-state index in [1.807, 2.05) is 89.5 Å². The zero-order valence-electron chi connectivity index (χ0n) is 23.9. The molecule has 10 heteroatoms. The third kappa shape index (κ3) is 5.82. The van der Waals surface area contributed by atoms with E-state index in [4.69, 9.17) is 23.7 Å². The Balaban J connectivity index is 1.53. The van der Waals surface area contributed by atoms with Gasteiger partial charge in [0.15, 0.2) is 11.5 Å². The molecule has 9 nitrogen and oxygen atoms in total. The molecule has 0 saturated heterocycles. The van der Waals surface area contributed by atoms with Gasteiger partial charge in [-0.3, -0.25) is 0 Å². The summed E-state index contributed by atoms with van der Waals surface area (Å²) in [7, 11) is 3.17. The first kappa shape index (κ1) is 28.0. The van der Waals surface area contributed by atoms with Gasteiger partial charge in [0.2, 0.25) is 5.88 Å². The Hall–Kier alpha value is -5.09. The van der Waals surface area contributed by atoms with Gasteiger partial charge in [0.25, 0.3) is 0 Å². The van der Waals surface area contributed by atoms with Crippen LogP contribution in [0.15, 0.2) is 84.9 Å². The number of fused-ring (bicyclic) bond motifs is 2. The molecule has 0 radical (unpaired) electrons. The van der Waals surface area contributed by atoms with Gasteiger partial charge < -0.3 is 28.3 Å². The lowest BCUT2D eigenvalue weighted by atomic mass is 10.0. The zero-order valence-corrected chi connectivity index (χ0v) is 24.7. The molecule has 0 amide bonds. The van der Waals surface area contributed by atoms with Gasteiger partial charge in [0.05, 0.1) is 50.2 Å². The van der Waals surface area contributed by atoms with Gasteiger partial charge in [-0.1, -0.05) is 42.5 Å². The second-order valence-corrected chi connectivity index (χ2v) is 10.2. The molecule has 0 bridgehead atoms. The lowest BCUT2D eigenvalue weighted by Gasteiger charge is -2.14. The maximum Gasteiger partial charge on any atom is 0.515 e. The van der Waals surface area contributed by atoms with E-state index in [1.54, 1.807) is 21.1 Å². The van der Waals surface area contributed by atoms with Gasteiger partial charge in [-0.2, -0.15) is 8.75 Å². The quantitative estimate of drug-likeness (QED) is 0.150. The number of benzene rings is 4. The molecule has 0 spiro atoms. The van der Waals surface area contributed by atoms with E-state index in [-0.39, 0.29) is 6.61 Å². The Morgan fingerprint density at radius 2 is 1.65 bits per heavy atom. The van der Waals surface area contributed by atoms with Crippen molar-refractivity contribution in [3.63, 3.8) is 0 Å². The van der Waals surface area contributed by atoms with Crippen molar-refractivity contribution in [3.05, 3.63) is 96.1 Å². The largest absolute Gasteiger partial charge is 0.515 e. The van der Waals surface area contributed by atoms with E-state index in [9.17, 15) is 4.79 Å². The standard InChI is InChI=1S/C33H29N3O6S/c1-4-40-33(37)42-32-31(23-11-15-29(38-2)30(17-23)39-3)25-13-12-24(41-20-21-8-6-5-7-9-21)18-28(25)36(32)19-22-10-14-26-27(16-22)35-43-34-26/h5-18H,4,19-20H2,1-3H3. The summed E-state index contributed by atoms with van der Waals surface area (Å²) in [6.45, 7) is 2.71. The minimum atomic E-state index is -0.798. The van der Waals surface area contributed by atoms with Crippen LogP contribution >= 0.6 is 11.7 Å². The lowest BCUT2D eigenvalue weighted by Crippen LogP contribution is -2.14. The van der Waals surface area contributed by atoms with Crippen LogP contribution in [0.5, 0.6) is 23.1 Å². The van der Waals surface area contributed by atoms with Gasteiger partial charge in [0, 0.05) is 11.5 Å². The van der Waals surface area contributed by atoms with Gasteiger partial charge in [0.1, 0.15) is 23.4 Å². The summed E-state index contributed by atoms with van der Waals surface area (Å²) < 4.78 is 39.1. The highest BCUT2D eigenvalue weighted by Gasteiger charge is 2.25. The Morgan fingerprint density at radius 3 is 2.44 bits per heavy atom. The Kier molecular flexibility index (Phi) is 8.10. The molecule has 0 saturated carbocycles. The monoisotopic (exact) mass is 595 g/mol. The molecule has 2 aromatic heterocycles. The molecule has 218 valence electrons. The predicted octanol–water partition coefficient (Wildman–Crippen LogP) is 7.49. The second-order valence-electron chi connectivity index (χ2n) is 9.66. The molecule has 0 N–H and O–H groups in total. The second kappa shape index (κ2) is 12.4. The molecule has 43 heavy (non-hydrogen) atoms. The Labute approximate surface area is 252 Å². The third-order valence-electron chi connectivity index (χ3n) is 7.01. The summed E-state index contributed by atoms with van der Waals surface area (Å²) >= 11 is 1.17. The number of carbonyl (C=O) groups is 1. The number of aromatic nitrogens is 3. The predicted molar refractivity (Wildman–Crippen MR) is 165 cm³/mol. The van der Waals surface area contributed by atoms with Crippen molar-refractivity contribution in [1.82, 2.24) is 13.3 Å². The SMILES string of the molecule is CCOC(=O)Oc1c(-c2ccc(OC)c(OC)c2)c2ccc(OCc3ccccc3)cc2n1Cc1ccc2nsnc2c1. The van der Waals surface area contributed by atoms with E-state index >= 15 is 0 Å². The molecule has 0 atom stereocenters. The third-order valence-corrected chi connectivity index (χ3v) is 7.57. The Morgan fingerprint density at radius 1 is 0.837 bits per heavy atom. The van der Waals surface area contributed by atoms with Crippen LogP contribution in [0.4, 0.5) is 4.79 Å². The number of hydrogen-bond donors (Lipinski definition) is 0. The highest BCUT2D eigenvalue weighted by molar-refractivity contribution is 7.00. The minimum Gasteiger partial charge on any atom is -0.493 e. The fourth-order valence-electron chi connectivity index (χ4n) is 5.01. The van der Waals surface area contributed by atoms with Crippen molar-refractivity contribution >= 4 is 39.8 Å². The van der Waals surface area contributed by atoms with E-state index < -0.39 is 6.16 Å². The molecular weight excluding hydrogens is 566 g/mol. The van der Waals surface area contributed by atoms with Crippen LogP contribution in [0.25, 0.3) is 33.1 Å². The van der Waals surface area contributed by atoms with Crippen LogP contribution < -0.4 is 18.9 Å². The molecule has 0 aliphatic carbocycles. The molecule has 0 unspecified atom stereocenters. The van der Waals surface area contributed by atoms with Crippen LogP contribution in [0.3, 0.4) is 0 Å². The van der Waals surface area contributed by atoms with Crippen molar-refractivity contribution in [2.45, 2.75) is 20.1 Å². The van der Waals surface area contributed by atoms with Crippen LogP contribution in [0.2, 0.25) is 0 Å². The number of rotatable bonds is 10. The van der Waals surface area contributed by atoms with E-state index in [0.717, 1.165) is 38.6 Å². The summed E-state index contributed by atoms with van der Waals surface area (Å²) in [5.74, 6) is 2.14. The average Bonchev–Trinajstić information content (AvgIpc) is 3.62. The molecule has 6 aromatic rings. The van der Waals surface area contributed by atoms with Gasteiger partial charge in [-0.25, -0.2) is 4.79 Å². The fraction of sp³-hybridized carbons (Fsp3) is 0.182. The van der Waals surface area contributed by atoms with E-state index in [2.05, 4.69) is 8.75 Å². The van der Waals surface area contributed by atoms with E-state index in [1.165, 1.54) is 11.7 Å². The van der Waals surface area contributed by atoms with Crippen molar-refractivity contribution in [2.75, 3.05) is 20.8 Å². The molecule has 2 heterocycles. The van der Waals surface area contributed by atoms with Gasteiger partial charge >= 0.3 is 6.16 Å². The van der Waals surface area contributed by atoms with E-state index in [0.29, 0.717) is 41.8 Å². The van der Waals surface area contributed by atoms with Gasteiger partial charge in [-0.15, -0.1) is 0 Å². The smallest absolute Gasteiger partial charge is 0.493 e. The molecule has 0 aliphatic heterocycles. The van der Waals surface area contributed by atoms with Crippen molar-refractivity contribution in [3.8, 4) is 34.3 Å². The molecule has 4 aromatic carbocycles. The van der Waals surface area contributed by atoms with Crippen molar-refractivity contribution < 1.29 is 28.5 Å². The molecule has 0 aliphatic rings. The fourth-order valence-corrected chi connectivity index (χ4v) is 5.52. The minimum absolute atomic E-state index is 0.176. The number of nitrogens with zero attached hydrogens (tertiary/aromatic N) is 3. The number of methoxy groups -OCH3 is 2. The summed E-state index contributed by atoms with van der Waals surface area (Å²) in [5, 5.41) is 0.856. The summed E-state index contributed by atoms with van der Waals surface area (Å²) in [5.41, 5.74) is 5.94. The van der Waals surface area contributed by atoms with Crippen molar-refractivity contribution in [1.29, 1.82) is 0 Å². The van der Waals surface area contributed by atoms with Crippen LogP contribution in [-0.2, 0) is 17.9 Å². The van der Waals surface area contributed by atoms with Crippen molar-refractivity contribution in [2.24, 2.45) is 0 Å². The first-order chi connectivity index (χ1) is 21.1.